The van der Waals surface area contributed by atoms with Gasteiger partial charge in [0.15, 0.2) is 0 Å². The molecule has 16 heavy (non-hydrogen) atoms. The first-order chi connectivity index (χ1) is 7.90. The maximum atomic E-state index is 4.25. The molecule has 0 amide bonds. The highest BCUT2D eigenvalue weighted by Gasteiger charge is 2.12. The van der Waals surface area contributed by atoms with Crippen molar-refractivity contribution in [1.82, 2.24) is 4.98 Å². The van der Waals surface area contributed by atoms with Crippen molar-refractivity contribution in [2.45, 2.75) is 26.2 Å². The quantitative estimate of drug-likeness (QED) is 0.697. The van der Waals surface area contributed by atoms with Crippen LogP contribution in [0.4, 0.5) is 0 Å². The van der Waals surface area contributed by atoms with Gasteiger partial charge in [0.1, 0.15) is 0 Å². The highest BCUT2D eigenvalue weighted by molar-refractivity contribution is 5.89. The summed E-state index contributed by atoms with van der Waals surface area (Å²) in [4.78, 5) is 4.25. The third kappa shape index (κ3) is 1.35. The van der Waals surface area contributed by atoms with Crippen LogP contribution in [0.1, 0.15) is 30.0 Å². The van der Waals surface area contributed by atoms with Crippen LogP contribution in [-0.4, -0.2) is 4.98 Å². The molecule has 0 saturated heterocycles. The van der Waals surface area contributed by atoms with Crippen molar-refractivity contribution in [2.75, 3.05) is 0 Å². The van der Waals surface area contributed by atoms with Gasteiger partial charge in [0.2, 0.25) is 0 Å². The Labute approximate surface area is 95.8 Å². The Kier molecular flexibility index (Phi) is 2.24. The number of aryl methyl sites for hydroxylation is 1. The summed E-state index contributed by atoms with van der Waals surface area (Å²) in [5, 5.41) is 2.65. The van der Waals surface area contributed by atoms with Crippen molar-refractivity contribution in [3.63, 3.8) is 0 Å². The van der Waals surface area contributed by atoms with Gasteiger partial charge >= 0.3 is 0 Å². The molecule has 1 aromatic heterocycles. The van der Waals surface area contributed by atoms with Crippen molar-refractivity contribution in [3.8, 4) is 0 Å². The van der Waals surface area contributed by atoms with E-state index >= 15 is 0 Å². The second-order valence-electron chi connectivity index (χ2n) is 4.31. The van der Waals surface area contributed by atoms with E-state index in [2.05, 4.69) is 36.2 Å². The topological polar surface area (TPSA) is 12.9 Å². The summed E-state index contributed by atoms with van der Waals surface area (Å²) in [5.74, 6) is 0. The van der Waals surface area contributed by atoms with Gasteiger partial charge < -0.3 is 0 Å². The van der Waals surface area contributed by atoms with Gasteiger partial charge in [-0.1, -0.05) is 19.1 Å². The van der Waals surface area contributed by atoms with Gasteiger partial charge in [-0.05, 0) is 53.5 Å². The first kappa shape index (κ1) is 9.59. The molecule has 0 radical (unpaired) electrons. The molecule has 0 fully saturated rings. The van der Waals surface area contributed by atoms with Crippen LogP contribution in [0.3, 0.4) is 0 Å². The molecule has 0 saturated carbocycles. The molecule has 1 nitrogen and oxygen atoms in total. The predicted octanol–water partition coefficient (Wildman–Crippen LogP) is 3.76. The molecule has 0 atom stereocenters. The molecule has 1 aromatic carbocycles. The van der Waals surface area contributed by atoms with E-state index in [1.54, 1.807) is 0 Å². The maximum absolute atomic E-state index is 4.25. The van der Waals surface area contributed by atoms with Gasteiger partial charge in [-0.15, -0.1) is 0 Å². The monoisotopic (exact) mass is 209 g/mol. The normalized spacial score (nSPS) is 14.1. The van der Waals surface area contributed by atoms with Gasteiger partial charge in [-0.3, -0.25) is 4.98 Å². The molecule has 1 heteroatoms. The lowest BCUT2D eigenvalue weighted by atomic mass is 9.88. The molecule has 0 bridgehead atoms. The van der Waals surface area contributed by atoms with Crippen LogP contribution in [0.5, 0.6) is 0 Å². The predicted molar refractivity (Wildman–Crippen MR) is 68.5 cm³/mol. The van der Waals surface area contributed by atoms with E-state index < -0.39 is 0 Å². The summed E-state index contributed by atoms with van der Waals surface area (Å²) in [6.07, 6.45) is 11.9. The minimum atomic E-state index is 1.10. The summed E-state index contributed by atoms with van der Waals surface area (Å²) in [5.41, 5.74) is 4.43. The molecule has 1 heterocycles. The Morgan fingerprint density at radius 3 is 3.19 bits per heavy atom. The molecule has 0 aliphatic heterocycles. The number of hydrogen-bond acceptors (Lipinski definition) is 1. The Morgan fingerprint density at radius 1 is 1.38 bits per heavy atom. The molecule has 3 rings (SSSR count). The fourth-order valence-electron chi connectivity index (χ4n) is 2.66. The zero-order valence-electron chi connectivity index (χ0n) is 9.53. The molecule has 0 unspecified atom stereocenters. The molecule has 0 spiro atoms. The fourth-order valence-corrected chi connectivity index (χ4v) is 2.66. The van der Waals surface area contributed by atoms with Crippen molar-refractivity contribution < 1.29 is 0 Å². The number of allylic oxidation sites excluding steroid dienone is 1. The average molecular weight is 209 g/mol. The number of benzene rings is 1. The fraction of sp³-hybridized carbons (Fsp3) is 0.267. The first-order valence-corrected chi connectivity index (χ1v) is 5.95. The number of rotatable bonds is 1. The van der Waals surface area contributed by atoms with Crippen LogP contribution >= 0.6 is 0 Å². The number of fused-ring (bicyclic) bond motifs is 2. The molecular formula is C15H15N. The van der Waals surface area contributed by atoms with Crippen LogP contribution < -0.4 is 0 Å². The second kappa shape index (κ2) is 3.75. The molecule has 2 aromatic rings. The van der Waals surface area contributed by atoms with Crippen molar-refractivity contribution in [3.05, 3.63) is 47.3 Å². The molecule has 80 valence electrons. The van der Waals surface area contributed by atoms with Gasteiger partial charge in [0.05, 0.1) is 0 Å². The highest BCUT2D eigenvalue weighted by atomic mass is 14.6. The molecule has 1 aliphatic rings. The van der Waals surface area contributed by atoms with Crippen LogP contribution in [0, 0.1) is 0 Å². The lowest BCUT2D eigenvalue weighted by Gasteiger charge is -2.17. The van der Waals surface area contributed by atoms with Crippen LogP contribution in [-0.2, 0) is 12.8 Å². The zero-order chi connectivity index (χ0) is 11.0. The van der Waals surface area contributed by atoms with Crippen LogP contribution in [0.2, 0.25) is 0 Å². The minimum absolute atomic E-state index is 1.10. The zero-order valence-corrected chi connectivity index (χ0v) is 9.53. The highest BCUT2D eigenvalue weighted by Crippen LogP contribution is 2.30. The van der Waals surface area contributed by atoms with Gasteiger partial charge in [-0.25, -0.2) is 0 Å². The largest absolute Gasteiger partial charge is 0.264 e. The number of hydrogen-bond donors (Lipinski definition) is 0. The van der Waals surface area contributed by atoms with E-state index in [0.29, 0.717) is 0 Å². The Hall–Kier alpha value is -1.63. The molecule has 1 aliphatic carbocycles. The minimum Gasteiger partial charge on any atom is -0.264 e. The van der Waals surface area contributed by atoms with Crippen molar-refractivity contribution in [1.29, 1.82) is 0 Å². The lowest BCUT2D eigenvalue weighted by molar-refractivity contribution is 0.953. The summed E-state index contributed by atoms with van der Waals surface area (Å²) in [6.45, 7) is 2.24. The molecule has 0 N–H and O–H groups in total. The van der Waals surface area contributed by atoms with E-state index in [9.17, 15) is 0 Å². The summed E-state index contributed by atoms with van der Waals surface area (Å²) in [6, 6.07) is 4.40. The third-order valence-corrected chi connectivity index (χ3v) is 3.42. The number of aromatic nitrogens is 1. The standard InChI is InChI=1S/C15H15N/c1-2-13-14-6-4-3-5-11(14)9-12-7-8-16-10-15(12)13/h3,5,7-10H,2,4,6H2,1H3. The molecular weight excluding hydrogens is 194 g/mol. The Balaban J connectivity index is 2.40. The summed E-state index contributed by atoms with van der Waals surface area (Å²) >= 11 is 0. The Morgan fingerprint density at radius 2 is 2.31 bits per heavy atom. The van der Waals surface area contributed by atoms with E-state index in [1.165, 1.54) is 40.3 Å². The second-order valence-corrected chi connectivity index (χ2v) is 4.31. The lowest BCUT2D eigenvalue weighted by Crippen LogP contribution is -2.01. The van der Waals surface area contributed by atoms with E-state index in [0.717, 1.165) is 6.42 Å². The summed E-state index contributed by atoms with van der Waals surface area (Å²) in [7, 11) is 0. The smallest absolute Gasteiger partial charge is 0.0349 e. The van der Waals surface area contributed by atoms with Crippen molar-refractivity contribution in [2.24, 2.45) is 0 Å². The number of nitrogens with zero attached hydrogens (tertiary/aromatic N) is 1. The van der Waals surface area contributed by atoms with E-state index in [1.807, 2.05) is 12.4 Å². The SMILES string of the molecule is CCc1c2c(cc3ccncc13)C=CCC2. The third-order valence-electron chi connectivity index (χ3n) is 3.42. The van der Waals surface area contributed by atoms with Gasteiger partial charge in [0.25, 0.3) is 0 Å². The maximum Gasteiger partial charge on any atom is 0.0349 e. The van der Waals surface area contributed by atoms with Crippen LogP contribution in [0.15, 0.2) is 30.6 Å². The van der Waals surface area contributed by atoms with E-state index in [4.69, 9.17) is 0 Å². The van der Waals surface area contributed by atoms with Gasteiger partial charge in [-0.2, -0.15) is 0 Å². The van der Waals surface area contributed by atoms with Gasteiger partial charge in [0, 0.05) is 17.8 Å². The van der Waals surface area contributed by atoms with Crippen LogP contribution in [0.25, 0.3) is 16.8 Å². The average Bonchev–Trinajstić information content (AvgIpc) is 2.36. The first-order valence-electron chi connectivity index (χ1n) is 5.95. The summed E-state index contributed by atoms with van der Waals surface area (Å²) < 4.78 is 0. The van der Waals surface area contributed by atoms with Crippen molar-refractivity contribution >= 4 is 16.8 Å². The van der Waals surface area contributed by atoms with E-state index in [-0.39, 0.29) is 0 Å². The Bertz CT molecular complexity index is 567. The number of pyridine rings is 1.